The zero-order valence-corrected chi connectivity index (χ0v) is 18.8. The minimum absolute atomic E-state index is 0.131. The summed E-state index contributed by atoms with van der Waals surface area (Å²) >= 11 is 1.67. The minimum atomic E-state index is -0.950. The van der Waals surface area contributed by atoms with E-state index < -0.39 is 17.4 Å². The lowest BCUT2D eigenvalue weighted by atomic mass is 9.99. The summed E-state index contributed by atoms with van der Waals surface area (Å²) in [4.78, 5) is 21.7. The second kappa shape index (κ2) is 8.74. The smallest absolute Gasteiger partial charge is 0.257 e. The molecule has 3 saturated heterocycles. The number of piperazine rings is 1. The van der Waals surface area contributed by atoms with Crippen LogP contribution in [0.5, 0.6) is 0 Å². The number of piperidine rings is 1. The highest BCUT2D eigenvalue weighted by Gasteiger charge is 2.41. The average Bonchev–Trinajstić information content (AvgIpc) is 3.27. The molecule has 32 heavy (non-hydrogen) atoms. The zero-order chi connectivity index (χ0) is 22.3. The van der Waals surface area contributed by atoms with E-state index >= 15 is 0 Å². The highest BCUT2D eigenvalue weighted by molar-refractivity contribution is 7.96. The third kappa shape index (κ3) is 3.93. The van der Waals surface area contributed by atoms with Crippen LogP contribution in [0.3, 0.4) is 0 Å². The third-order valence-corrected chi connectivity index (χ3v) is 7.43. The van der Waals surface area contributed by atoms with E-state index in [1.54, 1.807) is 11.9 Å². The van der Waals surface area contributed by atoms with Crippen molar-refractivity contribution in [1.82, 2.24) is 14.2 Å². The van der Waals surface area contributed by atoms with E-state index in [9.17, 15) is 13.6 Å². The molecule has 3 aliphatic rings. The van der Waals surface area contributed by atoms with Gasteiger partial charge in [-0.25, -0.2) is 13.1 Å². The molecule has 1 spiro atoms. The lowest BCUT2D eigenvalue weighted by molar-refractivity contribution is -0.169. The molecular formula is C22H26F2N4O3S. The average molecular weight is 465 g/mol. The van der Waals surface area contributed by atoms with Crippen LogP contribution in [0.15, 0.2) is 18.3 Å². The van der Waals surface area contributed by atoms with Crippen LogP contribution in [0.4, 0.5) is 14.5 Å². The van der Waals surface area contributed by atoms with Gasteiger partial charge in [-0.3, -0.25) is 9.78 Å². The SMILES string of the molecule is CSN1CCN(C(=O)c2cnc3cc(F)c(F)cc3c2N2CCC3(CC2)OCCO3)CC1. The van der Waals surface area contributed by atoms with E-state index in [-0.39, 0.29) is 5.91 Å². The van der Waals surface area contributed by atoms with Crippen LogP contribution in [0, 0.1) is 11.6 Å². The van der Waals surface area contributed by atoms with E-state index in [0.29, 0.717) is 74.4 Å². The van der Waals surface area contributed by atoms with Gasteiger partial charge in [0.05, 0.1) is 30.0 Å². The van der Waals surface area contributed by atoms with Gasteiger partial charge in [0.2, 0.25) is 0 Å². The molecule has 0 bridgehead atoms. The molecule has 0 aliphatic carbocycles. The molecule has 0 radical (unpaired) electrons. The molecule has 5 rings (SSSR count). The van der Waals surface area contributed by atoms with Gasteiger partial charge in [-0.05, 0) is 12.3 Å². The van der Waals surface area contributed by atoms with Crippen LogP contribution in [-0.4, -0.2) is 84.6 Å². The summed E-state index contributed by atoms with van der Waals surface area (Å²) in [5.41, 5.74) is 1.36. The maximum atomic E-state index is 14.2. The predicted molar refractivity (Wildman–Crippen MR) is 119 cm³/mol. The number of carbonyl (C=O) groups is 1. The summed E-state index contributed by atoms with van der Waals surface area (Å²) in [7, 11) is 0. The summed E-state index contributed by atoms with van der Waals surface area (Å²) < 4.78 is 42.0. The first kappa shape index (κ1) is 21.8. The number of carbonyl (C=O) groups excluding carboxylic acids is 1. The molecule has 2 aromatic rings. The molecule has 3 fully saturated rings. The van der Waals surface area contributed by atoms with Crippen molar-refractivity contribution in [2.75, 3.05) is 63.6 Å². The second-order valence-corrected chi connectivity index (χ2v) is 9.18. The zero-order valence-electron chi connectivity index (χ0n) is 18.0. The lowest BCUT2D eigenvalue weighted by Gasteiger charge is -2.40. The van der Waals surface area contributed by atoms with Crippen LogP contribution in [0.1, 0.15) is 23.2 Å². The standard InChI is InChI=1S/C22H26F2N4O3S/c1-32-28-8-6-27(7-9-28)21(29)16-14-25-19-13-18(24)17(23)12-15(19)20(16)26-4-2-22(3-5-26)30-10-11-31-22/h12-14H,2-11H2,1H3. The number of halogens is 2. The first-order valence-corrected chi connectivity index (χ1v) is 12.1. The van der Waals surface area contributed by atoms with Crippen LogP contribution < -0.4 is 4.90 Å². The Morgan fingerprint density at radius 1 is 1.03 bits per heavy atom. The van der Waals surface area contributed by atoms with E-state index in [4.69, 9.17) is 9.47 Å². The molecule has 0 atom stereocenters. The highest BCUT2D eigenvalue weighted by Crippen LogP contribution is 2.38. The van der Waals surface area contributed by atoms with Gasteiger partial charge < -0.3 is 19.3 Å². The molecule has 1 aromatic heterocycles. The van der Waals surface area contributed by atoms with E-state index in [2.05, 4.69) is 14.2 Å². The molecule has 4 heterocycles. The fourth-order valence-electron chi connectivity index (χ4n) is 4.77. The number of fused-ring (bicyclic) bond motifs is 1. The molecule has 1 aromatic carbocycles. The van der Waals surface area contributed by atoms with Crippen molar-refractivity contribution in [3.8, 4) is 0 Å². The van der Waals surface area contributed by atoms with Crippen molar-refractivity contribution in [3.05, 3.63) is 35.5 Å². The Morgan fingerprint density at radius 2 is 1.69 bits per heavy atom. The number of nitrogens with zero attached hydrogens (tertiary/aromatic N) is 4. The molecule has 0 saturated carbocycles. The van der Waals surface area contributed by atoms with Crippen LogP contribution >= 0.6 is 11.9 Å². The van der Waals surface area contributed by atoms with Crippen molar-refractivity contribution >= 4 is 34.4 Å². The third-order valence-electron chi connectivity index (χ3n) is 6.55. The number of benzene rings is 1. The Labute approximate surface area is 189 Å². The maximum Gasteiger partial charge on any atom is 0.257 e. The number of hydrogen-bond acceptors (Lipinski definition) is 7. The molecule has 0 unspecified atom stereocenters. The van der Waals surface area contributed by atoms with Gasteiger partial charge >= 0.3 is 0 Å². The van der Waals surface area contributed by atoms with Crippen LogP contribution in [0.2, 0.25) is 0 Å². The number of anilines is 1. The number of pyridine rings is 1. The van der Waals surface area contributed by atoms with Gasteiger partial charge in [0.15, 0.2) is 17.4 Å². The number of ether oxygens (including phenoxy) is 2. The quantitative estimate of drug-likeness (QED) is 0.648. The molecule has 1 amide bonds. The Balaban J connectivity index is 1.51. The van der Waals surface area contributed by atoms with E-state index in [1.165, 1.54) is 6.20 Å². The Hall–Kier alpha value is -2.01. The van der Waals surface area contributed by atoms with Gasteiger partial charge in [0, 0.05) is 69.8 Å². The van der Waals surface area contributed by atoms with Gasteiger partial charge in [-0.15, -0.1) is 0 Å². The number of rotatable bonds is 3. The predicted octanol–water partition coefficient (Wildman–Crippen LogP) is 2.89. The van der Waals surface area contributed by atoms with E-state index in [0.717, 1.165) is 25.2 Å². The number of aromatic nitrogens is 1. The molecule has 172 valence electrons. The van der Waals surface area contributed by atoms with Crippen molar-refractivity contribution in [2.45, 2.75) is 18.6 Å². The van der Waals surface area contributed by atoms with Gasteiger partial charge in [0.1, 0.15) is 0 Å². The first-order chi connectivity index (χ1) is 15.5. The second-order valence-electron chi connectivity index (χ2n) is 8.30. The summed E-state index contributed by atoms with van der Waals surface area (Å²) in [6, 6.07) is 2.25. The number of amides is 1. The highest BCUT2D eigenvalue weighted by atomic mass is 32.2. The van der Waals surface area contributed by atoms with Crippen molar-refractivity contribution in [3.63, 3.8) is 0 Å². The normalized spacial score (nSPS) is 21.6. The summed E-state index contributed by atoms with van der Waals surface area (Å²) in [6.45, 7) is 5.10. The topological polar surface area (TPSA) is 58.1 Å². The van der Waals surface area contributed by atoms with E-state index in [1.807, 2.05) is 11.2 Å². The fourth-order valence-corrected chi connectivity index (χ4v) is 5.30. The molecule has 7 nitrogen and oxygen atoms in total. The Morgan fingerprint density at radius 3 is 2.34 bits per heavy atom. The Kier molecular flexibility index (Phi) is 5.96. The maximum absolute atomic E-state index is 14.2. The fraction of sp³-hybridized carbons (Fsp3) is 0.545. The van der Waals surface area contributed by atoms with Gasteiger partial charge in [-0.1, -0.05) is 11.9 Å². The molecule has 0 N–H and O–H groups in total. The monoisotopic (exact) mass is 464 g/mol. The summed E-state index contributed by atoms with van der Waals surface area (Å²) in [5.74, 6) is -2.61. The van der Waals surface area contributed by atoms with Crippen molar-refractivity contribution < 1.29 is 23.0 Å². The first-order valence-electron chi connectivity index (χ1n) is 10.9. The van der Waals surface area contributed by atoms with Gasteiger partial charge in [0.25, 0.3) is 5.91 Å². The molecule has 10 heteroatoms. The van der Waals surface area contributed by atoms with Crippen LogP contribution in [-0.2, 0) is 9.47 Å². The Bertz CT molecular complexity index is 1020. The summed E-state index contributed by atoms with van der Waals surface area (Å²) in [5, 5.41) is 0.446. The number of hydrogen-bond donors (Lipinski definition) is 0. The summed E-state index contributed by atoms with van der Waals surface area (Å²) in [6.07, 6.45) is 4.81. The largest absolute Gasteiger partial charge is 0.370 e. The molecule has 3 aliphatic heterocycles. The van der Waals surface area contributed by atoms with Crippen molar-refractivity contribution in [2.24, 2.45) is 0 Å². The van der Waals surface area contributed by atoms with Crippen molar-refractivity contribution in [1.29, 1.82) is 0 Å². The molecular weight excluding hydrogens is 438 g/mol. The minimum Gasteiger partial charge on any atom is -0.370 e. The van der Waals surface area contributed by atoms with Gasteiger partial charge in [-0.2, -0.15) is 0 Å². The van der Waals surface area contributed by atoms with Crippen LogP contribution in [0.25, 0.3) is 10.9 Å². The lowest BCUT2D eigenvalue weighted by Crippen LogP contribution is -2.48.